The van der Waals surface area contributed by atoms with E-state index in [1.54, 1.807) is 6.20 Å². The molecule has 26 heavy (non-hydrogen) atoms. The molecule has 1 atom stereocenters. The molecule has 1 unspecified atom stereocenters. The molecule has 2 saturated carbocycles. The van der Waals surface area contributed by atoms with Crippen molar-refractivity contribution in [2.24, 2.45) is 11.7 Å². The van der Waals surface area contributed by atoms with Crippen LogP contribution in [-0.4, -0.2) is 28.3 Å². The summed E-state index contributed by atoms with van der Waals surface area (Å²) in [5.41, 5.74) is 9.41. The molecular formula is C19H24Cl2N4O. The Morgan fingerprint density at radius 1 is 1.38 bits per heavy atom. The zero-order valence-electron chi connectivity index (χ0n) is 14.7. The van der Waals surface area contributed by atoms with Crippen LogP contribution in [0.3, 0.4) is 0 Å². The number of hydrogen-bond acceptors (Lipinski definition) is 3. The van der Waals surface area contributed by atoms with E-state index in [4.69, 9.17) is 17.3 Å². The lowest BCUT2D eigenvalue weighted by Crippen LogP contribution is -2.41. The second kappa shape index (κ2) is 7.59. The molecule has 0 radical (unpaired) electrons. The molecule has 1 aromatic carbocycles. The number of nitrogens with zero attached hydrogens (tertiary/aromatic N) is 2. The minimum Gasteiger partial charge on any atom is -0.348 e. The summed E-state index contributed by atoms with van der Waals surface area (Å²) in [4.78, 5) is 12.8. The van der Waals surface area contributed by atoms with Crippen molar-refractivity contribution in [2.75, 3.05) is 6.54 Å². The van der Waals surface area contributed by atoms with Gasteiger partial charge in [-0.3, -0.25) is 4.79 Å². The van der Waals surface area contributed by atoms with E-state index >= 15 is 0 Å². The van der Waals surface area contributed by atoms with Gasteiger partial charge in [-0.1, -0.05) is 17.7 Å². The number of aromatic nitrogens is 2. The molecule has 3 N–H and O–H groups in total. The smallest absolute Gasteiger partial charge is 0.255 e. The highest BCUT2D eigenvalue weighted by Gasteiger charge is 2.35. The number of rotatable bonds is 6. The van der Waals surface area contributed by atoms with E-state index < -0.39 is 0 Å². The third kappa shape index (κ3) is 3.75. The summed E-state index contributed by atoms with van der Waals surface area (Å²) in [6, 6.07) is 5.95. The van der Waals surface area contributed by atoms with Crippen LogP contribution in [0.4, 0.5) is 0 Å². The van der Waals surface area contributed by atoms with Gasteiger partial charge in [0, 0.05) is 23.5 Å². The fourth-order valence-electron chi connectivity index (χ4n) is 3.32. The molecule has 140 valence electrons. The monoisotopic (exact) mass is 394 g/mol. The standard InChI is InChI=1S/C19H23ClN4O.ClH/c1-11-2-7-14(8-16(11)20)24-18(13-5-6-13)15(10-22-24)19(25)23-17(9-21)12-3-4-12;/h2,7-8,10,12-13,17H,3-6,9,21H2,1H3,(H,23,25);1H. The lowest BCUT2D eigenvalue weighted by atomic mass is 10.1. The molecule has 2 aliphatic carbocycles. The molecule has 0 bridgehead atoms. The van der Waals surface area contributed by atoms with Crippen molar-refractivity contribution in [1.29, 1.82) is 0 Å². The van der Waals surface area contributed by atoms with Gasteiger partial charge in [-0.25, -0.2) is 4.68 Å². The molecule has 0 saturated heterocycles. The second-order valence-corrected chi connectivity index (χ2v) is 7.62. The van der Waals surface area contributed by atoms with Crippen LogP contribution >= 0.6 is 24.0 Å². The summed E-state index contributed by atoms with van der Waals surface area (Å²) < 4.78 is 1.87. The Morgan fingerprint density at radius 2 is 2.12 bits per heavy atom. The first kappa shape index (κ1) is 19.2. The van der Waals surface area contributed by atoms with Crippen LogP contribution in [0.25, 0.3) is 5.69 Å². The lowest BCUT2D eigenvalue weighted by molar-refractivity contribution is 0.0932. The van der Waals surface area contributed by atoms with Crippen molar-refractivity contribution in [1.82, 2.24) is 15.1 Å². The summed E-state index contributed by atoms with van der Waals surface area (Å²) >= 11 is 6.28. The van der Waals surface area contributed by atoms with Crippen LogP contribution in [0.15, 0.2) is 24.4 Å². The van der Waals surface area contributed by atoms with Crippen LogP contribution in [-0.2, 0) is 0 Å². The fraction of sp³-hybridized carbons (Fsp3) is 0.474. The highest BCUT2D eigenvalue weighted by Crippen LogP contribution is 2.43. The molecule has 0 aliphatic heterocycles. The van der Waals surface area contributed by atoms with E-state index in [1.807, 2.05) is 29.8 Å². The van der Waals surface area contributed by atoms with Crippen molar-refractivity contribution < 1.29 is 4.79 Å². The molecule has 7 heteroatoms. The Balaban J connectivity index is 0.00000196. The quantitative estimate of drug-likeness (QED) is 0.785. The fourth-order valence-corrected chi connectivity index (χ4v) is 3.49. The number of amides is 1. The van der Waals surface area contributed by atoms with E-state index in [0.717, 1.165) is 42.6 Å². The van der Waals surface area contributed by atoms with Gasteiger partial charge in [-0.05, 0) is 56.2 Å². The van der Waals surface area contributed by atoms with Gasteiger partial charge in [0.05, 0.1) is 23.1 Å². The van der Waals surface area contributed by atoms with Gasteiger partial charge in [0.1, 0.15) is 0 Å². The normalized spacial score (nSPS) is 17.5. The molecule has 1 aromatic heterocycles. The van der Waals surface area contributed by atoms with Gasteiger partial charge < -0.3 is 11.1 Å². The van der Waals surface area contributed by atoms with Crippen molar-refractivity contribution >= 4 is 29.9 Å². The molecule has 0 spiro atoms. The minimum atomic E-state index is -0.0614. The Hall–Kier alpha value is -1.56. The van der Waals surface area contributed by atoms with Crippen LogP contribution in [0.1, 0.15) is 53.2 Å². The summed E-state index contributed by atoms with van der Waals surface area (Å²) in [6.45, 7) is 2.46. The first-order valence-corrected chi connectivity index (χ1v) is 9.31. The van der Waals surface area contributed by atoms with Crippen LogP contribution in [0, 0.1) is 12.8 Å². The van der Waals surface area contributed by atoms with Gasteiger partial charge in [0.2, 0.25) is 0 Å². The third-order valence-corrected chi connectivity index (χ3v) is 5.58. The number of aryl methyl sites for hydroxylation is 1. The van der Waals surface area contributed by atoms with Gasteiger partial charge in [0.25, 0.3) is 5.91 Å². The highest BCUT2D eigenvalue weighted by atomic mass is 35.5. The molecule has 4 rings (SSSR count). The average molecular weight is 395 g/mol. The van der Waals surface area contributed by atoms with Crippen LogP contribution in [0.5, 0.6) is 0 Å². The number of carbonyl (C=O) groups is 1. The topological polar surface area (TPSA) is 72.9 Å². The molecule has 2 aliphatic rings. The molecule has 1 heterocycles. The largest absolute Gasteiger partial charge is 0.348 e. The molecule has 5 nitrogen and oxygen atoms in total. The predicted octanol–water partition coefficient (Wildman–Crippen LogP) is 3.60. The van der Waals surface area contributed by atoms with E-state index in [2.05, 4.69) is 10.4 Å². The maximum atomic E-state index is 12.8. The Bertz CT molecular complexity index is 812. The number of nitrogens with two attached hydrogens (primary N) is 1. The molecular weight excluding hydrogens is 371 g/mol. The maximum Gasteiger partial charge on any atom is 0.255 e. The first-order chi connectivity index (χ1) is 12.1. The van der Waals surface area contributed by atoms with Crippen molar-refractivity contribution in [3.63, 3.8) is 0 Å². The predicted molar refractivity (Wildman–Crippen MR) is 106 cm³/mol. The van der Waals surface area contributed by atoms with E-state index in [-0.39, 0.29) is 24.4 Å². The Labute approximate surface area is 164 Å². The van der Waals surface area contributed by atoms with Crippen LogP contribution < -0.4 is 11.1 Å². The average Bonchev–Trinajstić information content (AvgIpc) is 3.53. The number of hydrogen-bond donors (Lipinski definition) is 2. The van der Waals surface area contributed by atoms with Crippen molar-refractivity contribution in [3.8, 4) is 5.69 Å². The minimum absolute atomic E-state index is 0. The molecule has 1 amide bonds. The SMILES string of the molecule is Cc1ccc(-n2ncc(C(=O)NC(CN)C3CC3)c2C2CC2)cc1Cl.Cl. The van der Waals surface area contributed by atoms with Gasteiger partial charge in [-0.2, -0.15) is 5.10 Å². The Kier molecular flexibility index (Phi) is 5.61. The lowest BCUT2D eigenvalue weighted by Gasteiger charge is -2.16. The van der Waals surface area contributed by atoms with Gasteiger partial charge in [0.15, 0.2) is 0 Å². The van der Waals surface area contributed by atoms with Gasteiger partial charge >= 0.3 is 0 Å². The molecule has 2 aromatic rings. The second-order valence-electron chi connectivity index (χ2n) is 7.22. The van der Waals surface area contributed by atoms with E-state index in [9.17, 15) is 4.79 Å². The number of halogens is 2. The zero-order chi connectivity index (χ0) is 17.6. The number of carbonyl (C=O) groups excluding carboxylic acids is 1. The maximum absolute atomic E-state index is 12.8. The van der Waals surface area contributed by atoms with E-state index in [1.165, 1.54) is 0 Å². The van der Waals surface area contributed by atoms with Crippen molar-refractivity contribution in [3.05, 3.63) is 46.2 Å². The summed E-state index contributed by atoms with van der Waals surface area (Å²) in [5.74, 6) is 0.860. The Morgan fingerprint density at radius 3 is 2.69 bits per heavy atom. The summed E-state index contributed by atoms with van der Waals surface area (Å²) in [5, 5.41) is 8.32. The van der Waals surface area contributed by atoms with Gasteiger partial charge in [-0.15, -0.1) is 12.4 Å². The van der Waals surface area contributed by atoms with Crippen LogP contribution in [0.2, 0.25) is 5.02 Å². The number of benzene rings is 1. The molecule has 2 fully saturated rings. The van der Waals surface area contributed by atoms with Crippen molar-refractivity contribution in [2.45, 2.75) is 44.6 Å². The third-order valence-electron chi connectivity index (χ3n) is 5.18. The van der Waals surface area contributed by atoms with E-state index in [0.29, 0.717) is 29.0 Å². The summed E-state index contributed by atoms with van der Waals surface area (Å²) in [6.07, 6.45) is 6.16. The zero-order valence-corrected chi connectivity index (χ0v) is 16.3. The summed E-state index contributed by atoms with van der Waals surface area (Å²) in [7, 11) is 0. The highest BCUT2D eigenvalue weighted by molar-refractivity contribution is 6.31. The first-order valence-electron chi connectivity index (χ1n) is 8.94. The number of nitrogens with one attached hydrogen (secondary N) is 1.